The molecule has 0 unspecified atom stereocenters. The molecule has 1 rings (SSSR count). The van der Waals surface area contributed by atoms with Gasteiger partial charge in [-0.3, -0.25) is 0 Å². The highest BCUT2D eigenvalue weighted by Crippen LogP contribution is 2.15. The number of allylic oxidation sites excluding steroid dienone is 3. The Morgan fingerprint density at radius 3 is 2.33 bits per heavy atom. The van der Waals surface area contributed by atoms with Crippen molar-refractivity contribution < 1.29 is 0 Å². The van der Waals surface area contributed by atoms with Crippen LogP contribution in [0.3, 0.4) is 0 Å². The van der Waals surface area contributed by atoms with Crippen LogP contribution < -0.4 is 0 Å². The molecule has 0 amide bonds. The summed E-state index contributed by atoms with van der Waals surface area (Å²) in [6, 6.07) is 0. The van der Waals surface area contributed by atoms with Crippen molar-refractivity contribution in [3.8, 4) is 0 Å². The van der Waals surface area contributed by atoms with Gasteiger partial charge in [0.2, 0.25) is 0 Å². The highest BCUT2D eigenvalue weighted by Gasteiger charge is 2.02. The Kier molecular flexibility index (Phi) is 0.924. The predicted molar refractivity (Wildman–Crippen MR) is 27.5 cm³/mol. The van der Waals surface area contributed by atoms with Gasteiger partial charge in [-0.25, -0.2) is 0 Å². The molecule has 0 aromatic carbocycles. The highest BCUT2D eigenvalue weighted by molar-refractivity contribution is 6.17. The second-order valence-corrected chi connectivity index (χ2v) is 1.65. The van der Waals surface area contributed by atoms with Crippen molar-refractivity contribution in [2.24, 2.45) is 5.92 Å². The van der Waals surface area contributed by atoms with Crippen LogP contribution in [0, 0.1) is 5.92 Å². The second-order valence-electron chi connectivity index (χ2n) is 1.32. The molecule has 0 N–H and O–H groups in total. The molecule has 1 aliphatic carbocycles. The Morgan fingerprint density at radius 1 is 1.50 bits per heavy atom. The van der Waals surface area contributed by atoms with Gasteiger partial charge in [0.15, 0.2) is 0 Å². The van der Waals surface area contributed by atoms with Crippen molar-refractivity contribution in [2.45, 2.75) is 0 Å². The maximum absolute atomic E-state index is 3.21. The fraction of sp³-hybridized carbons (Fsp3) is 0.200. The Balaban J connectivity index is 2.19. The lowest BCUT2D eigenvalue weighted by atomic mass is 10.4. The molecule has 0 nitrogen and oxygen atoms in total. The molecule has 0 saturated carbocycles. The van der Waals surface area contributed by atoms with Crippen molar-refractivity contribution in [3.63, 3.8) is 0 Å². The lowest BCUT2D eigenvalue weighted by Crippen LogP contribution is -1.61. The van der Waals surface area contributed by atoms with E-state index in [2.05, 4.69) is 28.5 Å². The molecule has 1 aliphatic rings. The first kappa shape index (κ1) is 3.87. The van der Waals surface area contributed by atoms with Crippen LogP contribution in [-0.2, 0) is 0 Å². The summed E-state index contributed by atoms with van der Waals surface area (Å²) < 4.78 is 0. The van der Waals surface area contributed by atoms with E-state index < -0.39 is 0 Å². The Labute approximate surface area is 41.0 Å². The molecule has 0 bridgehead atoms. The fourth-order valence-electron chi connectivity index (χ4n) is 0.304. The first-order valence-corrected chi connectivity index (χ1v) is 2.53. The van der Waals surface area contributed by atoms with Gasteiger partial charge < -0.3 is 0 Å². The molecule has 0 aromatic rings. The minimum Gasteiger partial charge on any atom is -0.105 e. The van der Waals surface area contributed by atoms with Crippen LogP contribution in [-0.4, -0.2) is 10.2 Å². The molecule has 0 aromatic heterocycles. The van der Waals surface area contributed by atoms with Crippen molar-refractivity contribution in [1.82, 2.24) is 0 Å². The quantitative estimate of drug-likeness (QED) is 0.333. The molecule has 29 valence electrons. The zero-order chi connectivity index (χ0) is 4.41. The van der Waals surface area contributed by atoms with Gasteiger partial charge in [0.05, 0.1) is 10.2 Å². The molecule has 0 atom stereocenters. The maximum atomic E-state index is 3.21. The molecular formula is C5H5Si. The molecule has 6 heavy (non-hydrogen) atoms. The van der Waals surface area contributed by atoms with Crippen molar-refractivity contribution in [1.29, 1.82) is 0 Å². The number of hydrogen-bond donors (Lipinski definition) is 0. The number of hydrogen-bond acceptors (Lipinski definition) is 0. The van der Waals surface area contributed by atoms with Crippen molar-refractivity contribution >= 4 is 10.2 Å². The standard InChI is InChI=1S/C5H5Si/c6-4-3-5-1-2-5/h1-5H/b4-3-. The van der Waals surface area contributed by atoms with Crippen LogP contribution in [0.2, 0.25) is 0 Å². The summed E-state index contributed by atoms with van der Waals surface area (Å²) in [6.45, 7) is 0. The molecule has 0 fully saturated rings. The first-order chi connectivity index (χ1) is 2.93. The first-order valence-electron chi connectivity index (χ1n) is 1.96. The van der Waals surface area contributed by atoms with E-state index in [1.165, 1.54) is 0 Å². The van der Waals surface area contributed by atoms with E-state index in [0.29, 0.717) is 5.92 Å². The third kappa shape index (κ3) is 0.828. The summed E-state index contributed by atoms with van der Waals surface area (Å²) in [5.74, 6) is 0.669. The van der Waals surface area contributed by atoms with Gasteiger partial charge in [0, 0.05) is 5.92 Å². The van der Waals surface area contributed by atoms with Crippen molar-refractivity contribution in [2.75, 3.05) is 0 Å². The van der Waals surface area contributed by atoms with Gasteiger partial charge in [-0.1, -0.05) is 18.2 Å². The van der Waals surface area contributed by atoms with E-state index in [0.717, 1.165) is 0 Å². The Bertz CT molecular complexity index is 86.1. The predicted octanol–water partition coefficient (Wildman–Crippen LogP) is 0.855. The minimum absolute atomic E-state index is 0.669. The molecule has 3 radical (unpaired) electrons. The largest absolute Gasteiger partial charge is 0.105 e. The van der Waals surface area contributed by atoms with Gasteiger partial charge >= 0.3 is 0 Å². The average molecular weight is 93.2 g/mol. The molecule has 0 heterocycles. The van der Waals surface area contributed by atoms with E-state index in [4.69, 9.17) is 0 Å². The van der Waals surface area contributed by atoms with E-state index in [-0.39, 0.29) is 0 Å². The summed E-state index contributed by atoms with van der Waals surface area (Å²) >= 11 is 0. The summed E-state index contributed by atoms with van der Waals surface area (Å²) in [5.41, 5.74) is 1.88. The summed E-state index contributed by atoms with van der Waals surface area (Å²) in [6.07, 6.45) is 6.35. The van der Waals surface area contributed by atoms with E-state index >= 15 is 0 Å². The highest BCUT2D eigenvalue weighted by atomic mass is 28.1. The minimum atomic E-state index is 0.669. The van der Waals surface area contributed by atoms with Gasteiger partial charge in [0.25, 0.3) is 0 Å². The SMILES string of the molecule is [Si]/C=C\C1C=C1. The van der Waals surface area contributed by atoms with Gasteiger partial charge in [-0.05, 0) is 0 Å². The van der Waals surface area contributed by atoms with Crippen LogP contribution >= 0.6 is 0 Å². The third-order valence-corrected chi connectivity index (χ3v) is 0.926. The van der Waals surface area contributed by atoms with E-state index in [9.17, 15) is 0 Å². The molecule has 0 aliphatic heterocycles. The molecule has 0 saturated heterocycles. The molecule has 1 heteroatoms. The monoisotopic (exact) mass is 93.0 g/mol. The van der Waals surface area contributed by atoms with Crippen LogP contribution in [0.1, 0.15) is 0 Å². The maximum Gasteiger partial charge on any atom is 0.0596 e. The Morgan fingerprint density at radius 2 is 2.17 bits per heavy atom. The van der Waals surface area contributed by atoms with Gasteiger partial charge in [-0.2, -0.15) is 0 Å². The van der Waals surface area contributed by atoms with Crippen molar-refractivity contribution in [3.05, 3.63) is 23.9 Å². The summed E-state index contributed by atoms with van der Waals surface area (Å²) in [5, 5.41) is 0. The number of rotatable bonds is 1. The van der Waals surface area contributed by atoms with Crippen LogP contribution in [0.15, 0.2) is 23.9 Å². The van der Waals surface area contributed by atoms with Crippen LogP contribution in [0.25, 0.3) is 0 Å². The van der Waals surface area contributed by atoms with Gasteiger partial charge in [-0.15, -0.1) is 5.70 Å². The zero-order valence-corrected chi connectivity index (χ0v) is 4.39. The van der Waals surface area contributed by atoms with Crippen LogP contribution in [0.4, 0.5) is 0 Å². The van der Waals surface area contributed by atoms with Gasteiger partial charge in [0.1, 0.15) is 0 Å². The molecule has 0 spiro atoms. The lowest BCUT2D eigenvalue weighted by molar-refractivity contribution is 1.26. The smallest absolute Gasteiger partial charge is 0.0596 e. The second kappa shape index (κ2) is 1.43. The fourth-order valence-corrected chi connectivity index (χ4v) is 0.526. The Hall–Kier alpha value is -0.303. The summed E-state index contributed by atoms with van der Waals surface area (Å²) in [7, 11) is 3.21. The normalized spacial score (nSPS) is 20.2. The van der Waals surface area contributed by atoms with E-state index in [1.54, 1.807) is 0 Å². The third-order valence-electron chi connectivity index (χ3n) is 0.733. The lowest BCUT2D eigenvalue weighted by Gasteiger charge is -1.71. The zero-order valence-electron chi connectivity index (χ0n) is 3.39. The molecular weight excluding hydrogens is 88.1 g/mol. The summed E-state index contributed by atoms with van der Waals surface area (Å²) in [4.78, 5) is 0. The average Bonchev–Trinajstić information content (AvgIpc) is 2.21. The van der Waals surface area contributed by atoms with Crippen LogP contribution in [0.5, 0.6) is 0 Å². The van der Waals surface area contributed by atoms with E-state index in [1.807, 2.05) is 5.70 Å². The topological polar surface area (TPSA) is 0 Å².